The molecule has 0 heterocycles. The summed E-state index contributed by atoms with van der Waals surface area (Å²) in [6, 6.07) is 17.3. The molecule has 2 aromatic carbocycles. The molecule has 0 aromatic heterocycles. The highest BCUT2D eigenvalue weighted by Crippen LogP contribution is 2.23. The lowest BCUT2D eigenvalue weighted by Gasteiger charge is -2.19. The zero-order chi connectivity index (χ0) is 14.5. The van der Waals surface area contributed by atoms with Crippen LogP contribution >= 0.6 is 0 Å². The quantitative estimate of drug-likeness (QED) is 0.834. The molecule has 21 heavy (non-hydrogen) atoms. The molecule has 110 valence electrons. The average molecular weight is 285 g/mol. The second-order valence-electron chi connectivity index (χ2n) is 5.52. The van der Waals surface area contributed by atoms with Crippen LogP contribution in [0.5, 0.6) is 0 Å². The van der Waals surface area contributed by atoms with Crippen molar-refractivity contribution in [1.82, 2.24) is 5.32 Å². The summed E-state index contributed by atoms with van der Waals surface area (Å²) >= 11 is 0. The van der Waals surface area contributed by atoms with Gasteiger partial charge in [-0.15, -0.1) is 0 Å². The Morgan fingerprint density at radius 3 is 2.43 bits per heavy atom. The van der Waals surface area contributed by atoms with E-state index in [1.165, 1.54) is 25.0 Å². The number of benzene rings is 2. The van der Waals surface area contributed by atoms with Gasteiger partial charge in [-0.2, -0.15) is 0 Å². The SMILES string of the molecule is Fc1ccc(C(CNC2CC2)OCc2ccccc2)cc1. The maximum Gasteiger partial charge on any atom is 0.123 e. The Morgan fingerprint density at radius 2 is 1.76 bits per heavy atom. The number of nitrogens with one attached hydrogen (secondary N) is 1. The third-order valence-electron chi connectivity index (χ3n) is 3.71. The Bertz CT molecular complexity index is 551. The van der Waals surface area contributed by atoms with Gasteiger partial charge in [0, 0.05) is 12.6 Å². The fraction of sp³-hybridized carbons (Fsp3) is 0.333. The summed E-state index contributed by atoms with van der Waals surface area (Å²) in [5, 5.41) is 3.49. The molecule has 1 unspecified atom stereocenters. The lowest BCUT2D eigenvalue weighted by Crippen LogP contribution is -2.25. The van der Waals surface area contributed by atoms with Crippen molar-refractivity contribution in [2.75, 3.05) is 6.54 Å². The lowest BCUT2D eigenvalue weighted by molar-refractivity contribution is 0.0395. The van der Waals surface area contributed by atoms with Crippen LogP contribution in [-0.2, 0) is 11.3 Å². The van der Waals surface area contributed by atoms with Gasteiger partial charge in [-0.3, -0.25) is 0 Å². The fourth-order valence-corrected chi connectivity index (χ4v) is 2.28. The molecule has 1 fully saturated rings. The molecular weight excluding hydrogens is 265 g/mol. The van der Waals surface area contributed by atoms with E-state index in [2.05, 4.69) is 17.4 Å². The summed E-state index contributed by atoms with van der Waals surface area (Å²) in [4.78, 5) is 0. The maximum atomic E-state index is 13.1. The van der Waals surface area contributed by atoms with Crippen molar-refractivity contribution in [2.24, 2.45) is 0 Å². The van der Waals surface area contributed by atoms with Gasteiger partial charge in [-0.05, 0) is 36.1 Å². The van der Waals surface area contributed by atoms with Crippen molar-refractivity contribution < 1.29 is 9.13 Å². The summed E-state index contributed by atoms with van der Waals surface area (Å²) in [5.41, 5.74) is 2.16. The van der Waals surface area contributed by atoms with E-state index in [9.17, 15) is 4.39 Å². The van der Waals surface area contributed by atoms with Crippen molar-refractivity contribution in [3.63, 3.8) is 0 Å². The average Bonchev–Trinajstić information content (AvgIpc) is 3.34. The van der Waals surface area contributed by atoms with E-state index in [1.807, 2.05) is 18.2 Å². The third-order valence-corrected chi connectivity index (χ3v) is 3.71. The highest BCUT2D eigenvalue weighted by molar-refractivity contribution is 5.20. The summed E-state index contributed by atoms with van der Waals surface area (Å²) in [6.07, 6.45) is 2.44. The molecule has 0 spiro atoms. The first-order chi connectivity index (χ1) is 10.3. The predicted octanol–water partition coefficient (Wildman–Crippen LogP) is 3.84. The zero-order valence-corrected chi connectivity index (χ0v) is 12.0. The van der Waals surface area contributed by atoms with Gasteiger partial charge in [0.25, 0.3) is 0 Å². The normalized spacial score (nSPS) is 15.9. The molecular formula is C18H20FNO. The number of hydrogen-bond acceptors (Lipinski definition) is 2. The summed E-state index contributed by atoms with van der Waals surface area (Å²) < 4.78 is 19.1. The van der Waals surface area contributed by atoms with Crippen molar-refractivity contribution >= 4 is 0 Å². The highest BCUT2D eigenvalue weighted by atomic mass is 19.1. The van der Waals surface area contributed by atoms with E-state index in [1.54, 1.807) is 12.1 Å². The third kappa shape index (κ3) is 4.38. The van der Waals surface area contributed by atoms with E-state index in [0.717, 1.165) is 17.7 Å². The van der Waals surface area contributed by atoms with Gasteiger partial charge in [0.2, 0.25) is 0 Å². The molecule has 1 saturated carbocycles. The Balaban J connectivity index is 1.64. The minimum absolute atomic E-state index is 0.0496. The molecule has 1 N–H and O–H groups in total. The topological polar surface area (TPSA) is 21.3 Å². The molecule has 1 aliphatic carbocycles. The van der Waals surface area contributed by atoms with Crippen LogP contribution in [0, 0.1) is 5.82 Å². The fourth-order valence-electron chi connectivity index (χ4n) is 2.28. The van der Waals surface area contributed by atoms with E-state index >= 15 is 0 Å². The number of halogens is 1. The predicted molar refractivity (Wildman–Crippen MR) is 81.4 cm³/mol. The molecule has 1 aliphatic rings. The molecule has 0 amide bonds. The van der Waals surface area contributed by atoms with E-state index in [-0.39, 0.29) is 11.9 Å². The molecule has 0 saturated heterocycles. The van der Waals surface area contributed by atoms with Gasteiger partial charge in [-0.25, -0.2) is 4.39 Å². The largest absolute Gasteiger partial charge is 0.368 e. The molecule has 3 heteroatoms. The molecule has 1 atom stereocenters. The van der Waals surface area contributed by atoms with Crippen LogP contribution in [0.3, 0.4) is 0 Å². The van der Waals surface area contributed by atoms with Gasteiger partial charge in [0.1, 0.15) is 5.82 Å². The maximum absolute atomic E-state index is 13.1. The van der Waals surface area contributed by atoms with E-state index < -0.39 is 0 Å². The van der Waals surface area contributed by atoms with Crippen LogP contribution in [0.1, 0.15) is 30.1 Å². The first kappa shape index (κ1) is 14.2. The second-order valence-corrected chi connectivity index (χ2v) is 5.52. The van der Waals surface area contributed by atoms with E-state index in [0.29, 0.717) is 12.6 Å². The van der Waals surface area contributed by atoms with Gasteiger partial charge in [-0.1, -0.05) is 42.5 Å². The van der Waals surface area contributed by atoms with Crippen LogP contribution < -0.4 is 5.32 Å². The number of ether oxygens (including phenoxy) is 1. The summed E-state index contributed by atoms with van der Waals surface area (Å²) in [5.74, 6) is -0.212. The van der Waals surface area contributed by atoms with Crippen molar-refractivity contribution in [3.05, 3.63) is 71.5 Å². The van der Waals surface area contributed by atoms with Crippen LogP contribution in [0.4, 0.5) is 4.39 Å². The highest BCUT2D eigenvalue weighted by Gasteiger charge is 2.22. The summed E-state index contributed by atoms with van der Waals surface area (Å²) in [7, 11) is 0. The van der Waals surface area contributed by atoms with E-state index in [4.69, 9.17) is 4.74 Å². The zero-order valence-electron chi connectivity index (χ0n) is 12.0. The monoisotopic (exact) mass is 285 g/mol. The first-order valence-electron chi connectivity index (χ1n) is 7.45. The lowest BCUT2D eigenvalue weighted by atomic mass is 10.1. The van der Waals surface area contributed by atoms with Gasteiger partial charge >= 0.3 is 0 Å². The minimum Gasteiger partial charge on any atom is -0.368 e. The minimum atomic E-state index is -0.212. The van der Waals surface area contributed by atoms with Crippen LogP contribution in [0.25, 0.3) is 0 Å². The van der Waals surface area contributed by atoms with Gasteiger partial charge < -0.3 is 10.1 Å². The second kappa shape index (κ2) is 6.83. The number of rotatable bonds is 7. The Labute approximate surface area is 125 Å². The molecule has 0 bridgehead atoms. The van der Waals surface area contributed by atoms with Crippen LogP contribution in [0.15, 0.2) is 54.6 Å². The van der Waals surface area contributed by atoms with Crippen LogP contribution in [0.2, 0.25) is 0 Å². The summed E-state index contributed by atoms with van der Waals surface area (Å²) in [6.45, 7) is 1.33. The standard InChI is InChI=1S/C18H20FNO/c19-16-8-6-15(7-9-16)18(12-20-17-10-11-17)21-13-14-4-2-1-3-5-14/h1-9,17-18,20H,10-13H2. The Morgan fingerprint density at radius 1 is 1.05 bits per heavy atom. The number of hydrogen-bond donors (Lipinski definition) is 1. The molecule has 0 aliphatic heterocycles. The van der Waals surface area contributed by atoms with Crippen LogP contribution in [-0.4, -0.2) is 12.6 Å². The Hall–Kier alpha value is -1.71. The molecule has 3 rings (SSSR count). The van der Waals surface area contributed by atoms with Crippen molar-refractivity contribution in [2.45, 2.75) is 31.6 Å². The van der Waals surface area contributed by atoms with Gasteiger partial charge in [0.05, 0.1) is 12.7 Å². The molecule has 2 aromatic rings. The first-order valence-corrected chi connectivity index (χ1v) is 7.45. The van der Waals surface area contributed by atoms with Crippen molar-refractivity contribution in [1.29, 1.82) is 0 Å². The van der Waals surface area contributed by atoms with Crippen molar-refractivity contribution in [3.8, 4) is 0 Å². The molecule has 0 radical (unpaired) electrons. The molecule has 2 nitrogen and oxygen atoms in total. The smallest absolute Gasteiger partial charge is 0.123 e. The van der Waals surface area contributed by atoms with Gasteiger partial charge in [0.15, 0.2) is 0 Å². The Kier molecular flexibility index (Phi) is 4.63.